The van der Waals surface area contributed by atoms with E-state index in [0.29, 0.717) is 0 Å². The summed E-state index contributed by atoms with van der Waals surface area (Å²) < 4.78 is 38.1. The molecule has 0 aliphatic carbocycles. The summed E-state index contributed by atoms with van der Waals surface area (Å²) >= 11 is 0. The topological polar surface area (TPSA) is 166 Å². The normalized spacial score (nSPS) is 14.2. The van der Waals surface area contributed by atoms with Gasteiger partial charge in [0, 0.05) is 18.9 Å². The van der Waals surface area contributed by atoms with Crippen LogP contribution in [0, 0.1) is 5.41 Å². The van der Waals surface area contributed by atoms with Gasteiger partial charge in [0.2, 0.25) is 11.5 Å². The van der Waals surface area contributed by atoms with Crippen LogP contribution in [0.15, 0.2) is 0 Å². The zero-order valence-electron chi connectivity index (χ0n) is 16.7. The zero-order chi connectivity index (χ0) is 22.2. The standard InChI is InChI=1S/C16H29NO10S/c1-11(2)27-14(21)25-10-16(22,13(19)20)15(4,5)9-26-28(23,24)8-6-7-17-12(3)18/h11,22H,6-10H2,1-5H3,(H,17,18)(H,19,20)/t16-/m1/s1. The molecule has 164 valence electrons. The number of aliphatic hydroxyl groups is 1. The van der Waals surface area contributed by atoms with Gasteiger partial charge in [-0.15, -0.1) is 0 Å². The molecule has 0 unspecified atom stereocenters. The van der Waals surface area contributed by atoms with Crippen LogP contribution in [-0.2, 0) is 33.4 Å². The van der Waals surface area contributed by atoms with E-state index in [-0.39, 0.29) is 18.9 Å². The highest BCUT2D eigenvalue weighted by molar-refractivity contribution is 7.86. The van der Waals surface area contributed by atoms with Crippen molar-refractivity contribution >= 4 is 28.1 Å². The van der Waals surface area contributed by atoms with Crippen molar-refractivity contribution in [2.24, 2.45) is 5.41 Å². The van der Waals surface area contributed by atoms with Crippen LogP contribution in [0.4, 0.5) is 4.79 Å². The number of carbonyl (C=O) groups excluding carboxylic acids is 2. The summed E-state index contributed by atoms with van der Waals surface area (Å²) in [7, 11) is -4.03. The summed E-state index contributed by atoms with van der Waals surface area (Å²) in [6.45, 7) is 5.40. The number of rotatable bonds is 12. The predicted molar refractivity (Wildman–Crippen MR) is 97.0 cm³/mol. The molecule has 0 aromatic carbocycles. The number of hydrogen-bond donors (Lipinski definition) is 3. The molecule has 0 aliphatic rings. The Labute approximate surface area is 164 Å². The average molecular weight is 427 g/mol. The molecule has 1 amide bonds. The number of carboxylic acids is 1. The van der Waals surface area contributed by atoms with Crippen molar-refractivity contribution in [1.29, 1.82) is 0 Å². The van der Waals surface area contributed by atoms with Crippen LogP contribution in [0.25, 0.3) is 0 Å². The number of carbonyl (C=O) groups is 3. The third kappa shape index (κ3) is 8.85. The first kappa shape index (κ1) is 26.1. The highest BCUT2D eigenvalue weighted by Crippen LogP contribution is 2.33. The van der Waals surface area contributed by atoms with Crippen molar-refractivity contribution in [2.45, 2.75) is 52.7 Å². The molecule has 0 saturated carbocycles. The van der Waals surface area contributed by atoms with Crippen LogP contribution in [0.5, 0.6) is 0 Å². The molecule has 0 aliphatic heterocycles. The lowest BCUT2D eigenvalue weighted by Crippen LogP contribution is -2.57. The Morgan fingerprint density at radius 2 is 1.71 bits per heavy atom. The van der Waals surface area contributed by atoms with Crippen LogP contribution in [0.2, 0.25) is 0 Å². The zero-order valence-corrected chi connectivity index (χ0v) is 17.5. The Hall–Kier alpha value is -1.92. The fraction of sp³-hybridized carbons (Fsp3) is 0.812. The SMILES string of the molecule is CC(=O)NCCCS(=O)(=O)OCC(C)(C)[C@@](O)(COC(=O)OC(C)C)C(=O)O. The molecule has 12 heteroatoms. The second-order valence-electron chi connectivity index (χ2n) is 7.12. The highest BCUT2D eigenvalue weighted by atomic mass is 32.2. The summed E-state index contributed by atoms with van der Waals surface area (Å²) in [5, 5.41) is 22.3. The fourth-order valence-electron chi connectivity index (χ4n) is 1.87. The minimum absolute atomic E-state index is 0.0930. The second kappa shape index (κ2) is 10.6. The predicted octanol–water partition coefficient (Wildman–Crippen LogP) is 0.263. The smallest absolute Gasteiger partial charge is 0.479 e. The van der Waals surface area contributed by atoms with Gasteiger partial charge in [-0.1, -0.05) is 13.8 Å². The van der Waals surface area contributed by atoms with Crippen LogP contribution < -0.4 is 5.32 Å². The minimum atomic E-state index is -4.03. The lowest BCUT2D eigenvalue weighted by Gasteiger charge is -2.37. The summed E-state index contributed by atoms with van der Waals surface area (Å²) in [4.78, 5) is 33.8. The van der Waals surface area contributed by atoms with Gasteiger partial charge in [-0.2, -0.15) is 8.42 Å². The lowest BCUT2D eigenvalue weighted by atomic mass is 9.76. The molecule has 0 aromatic heterocycles. The van der Waals surface area contributed by atoms with E-state index in [4.69, 9.17) is 8.92 Å². The Balaban J connectivity index is 4.95. The molecule has 3 N–H and O–H groups in total. The molecule has 0 radical (unpaired) electrons. The third-order valence-corrected chi connectivity index (χ3v) is 5.01. The lowest BCUT2D eigenvalue weighted by molar-refractivity contribution is -0.184. The first-order chi connectivity index (χ1) is 12.6. The van der Waals surface area contributed by atoms with E-state index in [2.05, 4.69) is 10.1 Å². The number of aliphatic carboxylic acids is 1. The van der Waals surface area contributed by atoms with Gasteiger partial charge in [0.05, 0.1) is 18.5 Å². The van der Waals surface area contributed by atoms with E-state index in [0.717, 1.165) is 0 Å². The molecular weight excluding hydrogens is 398 g/mol. The van der Waals surface area contributed by atoms with Gasteiger partial charge < -0.3 is 25.0 Å². The summed E-state index contributed by atoms with van der Waals surface area (Å²) in [6.07, 6.45) is -1.59. The monoisotopic (exact) mass is 427 g/mol. The first-order valence-corrected chi connectivity index (χ1v) is 10.1. The van der Waals surface area contributed by atoms with Crippen molar-refractivity contribution in [2.75, 3.05) is 25.5 Å². The van der Waals surface area contributed by atoms with Crippen molar-refractivity contribution < 1.29 is 46.7 Å². The first-order valence-electron chi connectivity index (χ1n) is 8.53. The largest absolute Gasteiger partial charge is 0.508 e. The van der Waals surface area contributed by atoms with Crippen molar-refractivity contribution in [3.8, 4) is 0 Å². The van der Waals surface area contributed by atoms with E-state index in [1.807, 2.05) is 0 Å². The summed E-state index contributed by atoms with van der Waals surface area (Å²) in [6, 6.07) is 0. The molecule has 0 spiro atoms. The van der Waals surface area contributed by atoms with Crippen molar-refractivity contribution in [3.63, 3.8) is 0 Å². The number of hydrogen-bond acceptors (Lipinski definition) is 9. The fourth-order valence-corrected chi connectivity index (χ4v) is 2.96. The number of carboxylic acid groups (broad SMARTS) is 1. The minimum Gasteiger partial charge on any atom is -0.479 e. The molecule has 0 bridgehead atoms. The molecule has 11 nitrogen and oxygen atoms in total. The Bertz CT molecular complexity index is 658. The maximum absolute atomic E-state index is 11.9. The quantitative estimate of drug-likeness (QED) is 0.223. The van der Waals surface area contributed by atoms with Crippen LogP contribution in [0.1, 0.15) is 41.0 Å². The molecule has 0 heterocycles. The molecular formula is C16H29NO10S. The highest BCUT2D eigenvalue weighted by Gasteiger charge is 2.52. The maximum atomic E-state index is 11.9. The van der Waals surface area contributed by atoms with Gasteiger partial charge in [0.1, 0.15) is 6.61 Å². The van der Waals surface area contributed by atoms with E-state index in [9.17, 15) is 33.0 Å². The number of amides is 1. The van der Waals surface area contributed by atoms with E-state index >= 15 is 0 Å². The van der Waals surface area contributed by atoms with E-state index in [1.165, 1.54) is 20.8 Å². The van der Waals surface area contributed by atoms with Crippen molar-refractivity contribution in [3.05, 3.63) is 0 Å². The van der Waals surface area contributed by atoms with Gasteiger partial charge in [-0.05, 0) is 20.3 Å². The molecule has 0 fully saturated rings. The van der Waals surface area contributed by atoms with Crippen LogP contribution >= 0.6 is 0 Å². The van der Waals surface area contributed by atoms with Gasteiger partial charge in [0.15, 0.2) is 0 Å². The molecule has 0 rings (SSSR count). The molecule has 1 atom stereocenters. The number of ether oxygens (including phenoxy) is 2. The van der Waals surface area contributed by atoms with Crippen LogP contribution in [0.3, 0.4) is 0 Å². The van der Waals surface area contributed by atoms with Gasteiger partial charge in [-0.3, -0.25) is 8.98 Å². The Morgan fingerprint density at radius 1 is 1.14 bits per heavy atom. The van der Waals surface area contributed by atoms with Crippen molar-refractivity contribution in [1.82, 2.24) is 5.32 Å². The Morgan fingerprint density at radius 3 is 2.18 bits per heavy atom. The molecule has 0 aromatic rings. The van der Waals surface area contributed by atoms with E-state index < -0.39 is 58.3 Å². The molecule has 28 heavy (non-hydrogen) atoms. The van der Waals surface area contributed by atoms with Gasteiger partial charge in [0.25, 0.3) is 10.1 Å². The average Bonchev–Trinajstić information content (AvgIpc) is 2.54. The second-order valence-corrected chi connectivity index (χ2v) is 8.87. The van der Waals surface area contributed by atoms with E-state index in [1.54, 1.807) is 13.8 Å². The number of nitrogens with one attached hydrogen (secondary N) is 1. The summed E-state index contributed by atoms with van der Waals surface area (Å²) in [5.41, 5.74) is -4.28. The van der Waals surface area contributed by atoms with Gasteiger partial charge in [-0.25, -0.2) is 9.59 Å². The van der Waals surface area contributed by atoms with Crippen LogP contribution in [-0.4, -0.2) is 73.9 Å². The van der Waals surface area contributed by atoms with Gasteiger partial charge >= 0.3 is 12.1 Å². The summed E-state index contributed by atoms with van der Waals surface area (Å²) in [5.74, 6) is -2.44. The molecule has 0 saturated heterocycles. The maximum Gasteiger partial charge on any atom is 0.508 e. The Kier molecular flexibility index (Phi) is 9.85. The third-order valence-electron chi connectivity index (χ3n) is 3.75.